The summed E-state index contributed by atoms with van der Waals surface area (Å²) in [6.45, 7) is 5.77. The minimum Gasteiger partial charge on any atom is -0.487 e. The van der Waals surface area contributed by atoms with Crippen LogP contribution in [0.25, 0.3) is 0 Å². The molecule has 4 heterocycles. The first-order valence-electron chi connectivity index (χ1n) is 12.2. The third-order valence-electron chi connectivity index (χ3n) is 8.05. The highest BCUT2D eigenvalue weighted by Gasteiger charge is 2.57. The van der Waals surface area contributed by atoms with Crippen LogP contribution in [0.3, 0.4) is 0 Å². The summed E-state index contributed by atoms with van der Waals surface area (Å²) < 4.78 is 14.9. The van der Waals surface area contributed by atoms with Gasteiger partial charge in [-0.05, 0) is 51.7 Å². The molecule has 2 aromatic rings. The van der Waals surface area contributed by atoms with Crippen LogP contribution in [0.2, 0.25) is 0 Å². The van der Waals surface area contributed by atoms with E-state index in [1.165, 1.54) is 0 Å². The number of carboxylic acid groups (broad SMARTS) is 1. The third-order valence-corrected chi connectivity index (χ3v) is 8.05. The SMILES string of the molecule is Cc1ccnn1CCC(=O)N1CCC[C@]12CO[C@H]1c3ccccc3O[C@@](C)(CCC(=O)O)[C@@H]1C2. The Labute approximate surface area is 199 Å². The monoisotopic (exact) mass is 467 g/mol. The van der Waals surface area contributed by atoms with Crippen LogP contribution in [0.1, 0.15) is 62.8 Å². The van der Waals surface area contributed by atoms with Crippen LogP contribution in [0.15, 0.2) is 36.5 Å². The van der Waals surface area contributed by atoms with Gasteiger partial charge in [0, 0.05) is 49.3 Å². The van der Waals surface area contributed by atoms with Crippen molar-refractivity contribution < 1.29 is 24.2 Å². The molecule has 1 aromatic heterocycles. The number of nitrogens with zero attached hydrogens (tertiary/aromatic N) is 3. The molecule has 0 bridgehead atoms. The van der Waals surface area contributed by atoms with E-state index < -0.39 is 11.6 Å². The molecule has 8 nitrogen and oxygen atoms in total. The fourth-order valence-corrected chi connectivity index (χ4v) is 6.17. The number of carboxylic acids is 1. The van der Waals surface area contributed by atoms with Crippen molar-refractivity contribution in [2.45, 2.75) is 76.2 Å². The van der Waals surface area contributed by atoms with E-state index in [1.807, 2.05) is 53.8 Å². The summed E-state index contributed by atoms with van der Waals surface area (Å²) >= 11 is 0. The molecule has 0 aliphatic carbocycles. The van der Waals surface area contributed by atoms with E-state index in [0.29, 0.717) is 26.0 Å². The molecule has 1 spiro atoms. The van der Waals surface area contributed by atoms with Gasteiger partial charge < -0.3 is 19.5 Å². The molecule has 8 heteroatoms. The lowest BCUT2D eigenvalue weighted by Crippen LogP contribution is -2.60. The number of ether oxygens (including phenoxy) is 2. The van der Waals surface area contributed by atoms with Crippen molar-refractivity contribution in [1.29, 1.82) is 0 Å². The average Bonchev–Trinajstić information content (AvgIpc) is 3.42. The number of hydrogen-bond donors (Lipinski definition) is 1. The van der Waals surface area contributed by atoms with Crippen molar-refractivity contribution in [3.63, 3.8) is 0 Å². The number of aryl methyl sites for hydroxylation is 2. The van der Waals surface area contributed by atoms with Crippen LogP contribution in [0.4, 0.5) is 0 Å². The second-order valence-electron chi connectivity index (χ2n) is 10.2. The van der Waals surface area contributed by atoms with Crippen LogP contribution in [0, 0.1) is 12.8 Å². The number of benzene rings is 1. The largest absolute Gasteiger partial charge is 0.487 e. The Morgan fingerprint density at radius 2 is 2.06 bits per heavy atom. The Morgan fingerprint density at radius 1 is 1.24 bits per heavy atom. The average molecular weight is 468 g/mol. The molecule has 0 saturated carbocycles. The summed E-state index contributed by atoms with van der Waals surface area (Å²) in [7, 11) is 0. The van der Waals surface area contributed by atoms with Gasteiger partial charge in [0.2, 0.25) is 5.91 Å². The predicted molar refractivity (Wildman–Crippen MR) is 124 cm³/mol. The molecular formula is C26H33N3O5. The fourth-order valence-electron chi connectivity index (χ4n) is 6.17. The van der Waals surface area contributed by atoms with Gasteiger partial charge in [0.1, 0.15) is 11.4 Å². The van der Waals surface area contributed by atoms with Gasteiger partial charge in [0.05, 0.1) is 18.2 Å². The highest BCUT2D eigenvalue weighted by Crippen LogP contribution is 2.55. The second-order valence-corrected chi connectivity index (χ2v) is 10.2. The second kappa shape index (κ2) is 8.73. The van der Waals surface area contributed by atoms with Gasteiger partial charge in [-0.1, -0.05) is 18.2 Å². The maximum atomic E-state index is 13.4. The first-order chi connectivity index (χ1) is 16.3. The van der Waals surface area contributed by atoms with Crippen molar-refractivity contribution in [2.24, 2.45) is 5.92 Å². The summed E-state index contributed by atoms with van der Waals surface area (Å²) in [6, 6.07) is 9.82. The van der Waals surface area contributed by atoms with Crippen molar-refractivity contribution in [1.82, 2.24) is 14.7 Å². The lowest BCUT2D eigenvalue weighted by molar-refractivity contribution is -0.180. The molecule has 1 aromatic carbocycles. The lowest BCUT2D eigenvalue weighted by Gasteiger charge is -2.54. The number of likely N-dealkylation sites (tertiary alicyclic amines) is 1. The van der Waals surface area contributed by atoms with Crippen LogP contribution in [0.5, 0.6) is 5.75 Å². The first kappa shape index (κ1) is 22.9. The van der Waals surface area contributed by atoms with E-state index in [0.717, 1.165) is 42.8 Å². The maximum Gasteiger partial charge on any atom is 0.303 e. The molecule has 34 heavy (non-hydrogen) atoms. The summed E-state index contributed by atoms with van der Waals surface area (Å²) in [6.07, 6.45) is 4.98. The molecule has 5 rings (SSSR count). The first-order valence-corrected chi connectivity index (χ1v) is 12.2. The Kier molecular flexibility index (Phi) is 5.88. The molecule has 182 valence electrons. The molecule has 0 radical (unpaired) electrons. The normalized spacial score (nSPS) is 30.0. The Morgan fingerprint density at radius 3 is 2.82 bits per heavy atom. The molecule has 3 aliphatic heterocycles. The topological polar surface area (TPSA) is 93.9 Å². The van der Waals surface area contributed by atoms with Gasteiger partial charge in [0.15, 0.2) is 0 Å². The van der Waals surface area contributed by atoms with E-state index >= 15 is 0 Å². The molecule has 1 amide bonds. The molecule has 2 saturated heterocycles. The summed E-state index contributed by atoms with van der Waals surface area (Å²) in [5.74, 6) is 0.0101. The summed E-state index contributed by atoms with van der Waals surface area (Å²) in [4.78, 5) is 26.8. The number of rotatable bonds is 6. The van der Waals surface area contributed by atoms with Gasteiger partial charge in [-0.3, -0.25) is 14.3 Å². The highest BCUT2D eigenvalue weighted by atomic mass is 16.5. The molecule has 3 aliphatic rings. The zero-order valence-corrected chi connectivity index (χ0v) is 19.9. The van der Waals surface area contributed by atoms with Gasteiger partial charge in [0.25, 0.3) is 0 Å². The van der Waals surface area contributed by atoms with Crippen LogP contribution < -0.4 is 4.74 Å². The summed E-state index contributed by atoms with van der Waals surface area (Å²) in [5.41, 5.74) is 0.992. The minimum absolute atomic E-state index is 0.0285. The fraction of sp³-hybridized carbons (Fsp3) is 0.577. The molecule has 2 fully saturated rings. The zero-order chi connectivity index (χ0) is 23.9. The Balaban J connectivity index is 1.39. The van der Waals surface area contributed by atoms with E-state index in [2.05, 4.69) is 5.10 Å². The smallest absolute Gasteiger partial charge is 0.303 e. The molecular weight excluding hydrogens is 434 g/mol. The Bertz CT molecular complexity index is 1080. The molecule has 0 unspecified atom stereocenters. The standard InChI is InChI=1S/C26H33N3O5/c1-18-9-13-27-29(18)15-10-22(30)28-14-5-11-26(28)16-20-24(33-17-26)19-6-3-4-7-21(19)34-25(20,2)12-8-23(31)32/h3-4,6-7,9,13,20,24H,5,8,10-12,14-17H2,1-2H3,(H,31,32)/t20-,24+,25+,26+/m1/s1. The van der Waals surface area contributed by atoms with E-state index in [9.17, 15) is 14.7 Å². The number of aromatic nitrogens is 2. The number of fused-ring (bicyclic) bond motifs is 3. The highest BCUT2D eigenvalue weighted by molar-refractivity contribution is 5.77. The van der Waals surface area contributed by atoms with Crippen molar-refractivity contribution in [3.8, 4) is 5.75 Å². The van der Waals surface area contributed by atoms with Gasteiger partial charge in [-0.15, -0.1) is 0 Å². The van der Waals surface area contributed by atoms with Crippen molar-refractivity contribution in [3.05, 3.63) is 47.8 Å². The number of carbonyl (C=O) groups is 2. The number of hydrogen-bond acceptors (Lipinski definition) is 5. The van der Waals surface area contributed by atoms with Crippen LogP contribution >= 0.6 is 0 Å². The van der Waals surface area contributed by atoms with E-state index in [-0.39, 0.29) is 29.9 Å². The number of aliphatic carboxylic acids is 1. The van der Waals surface area contributed by atoms with Crippen molar-refractivity contribution in [2.75, 3.05) is 13.2 Å². The maximum absolute atomic E-state index is 13.4. The number of carbonyl (C=O) groups excluding carboxylic acids is 1. The quantitative estimate of drug-likeness (QED) is 0.696. The number of para-hydroxylation sites is 1. The molecule has 4 atom stereocenters. The van der Waals surface area contributed by atoms with Crippen LogP contribution in [-0.2, 0) is 20.9 Å². The van der Waals surface area contributed by atoms with Gasteiger partial charge in [-0.2, -0.15) is 5.10 Å². The molecule has 1 N–H and O–H groups in total. The van der Waals surface area contributed by atoms with Gasteiger partial charge >= 0.3 is 5.97 Å². The lowest BCUT2D eigenvalue weighted by atomic mass is 9.68. The summed E-state index contributed by atoms with van der Waals surface area (Å²) in [5, 5.41) is 13.7. The van der Waals surface area contributed by atoms with E-state index in [1.54, 1.807) is 6.20 Å². The Hall–Kier alpha value is -2.87. The third kappa shape index (κ3) is 3.98. The van der Waals surface area contributed by atoms with Gasteiger partial charge in [-0.25, -0.2) is 0 Å². The predicted octanol–water partition coefficient (Wildman–Crippen LogP) is 3.74. The van der Waals surface area contributed by atoms with E-state index in [4.69, 9.17) is 9.47 Å². The minimum atomic E-state index is -0.835. The zero-order valence-electron chi connectivity index (χ0n) is 19.9. The van der Waals surface area contributed by atoms with Crippen molar-refractivity contribution >= 4 is 11.9 Å². The number of amides is 1. The van der Waals surface area contributed by atoms with Crippen LogP contribution in [-0.4, -0.2) is 56.0 Å².